The third kappa shape index (κ3) is 1.16. The molecule has 0 aliphatic rings. The maximum absolute atomic E-state index is 4.99. The second-order valence-electron chi connectivity index (χ2n) is 1.14. The first kappa shape index (κ1) is 5.50. The van der Waals surface area contributed by atoms with E-state index in [0.29, 0.717) is 11.8 Å². The largest absolute Gasteiger partial charge is 0.469 e. The van der Waals surface area contributed by atoms with E-state index in [1.54, 1.807) is 0 Å². The van der Waals surface area contributed by atoms with E-state index in [2.05, 4.69) is 9.36 Å². The van der Waals surface area contributed by atoms with Crippen molar-refractivity contribution >= 4 is 11.5 Å². The SMILES string of the molecule is CCOc1ncns1. The van der Waals surface area contributed by atoms with Crippen LogP contribution in [0.25, 0.3) is 0 Å². The third-order valence-electron chi connectivity index (χ3n) is 0.609. The topological polar surface area (TPSA) is 35.0 Å². The van der Waals surface area contributed by atoms with Crippen molar-refractivity contribution in [1.29, 1.82) is 0 Å². The molecule has 44 valence electrons. The van der Waals surface area contributed by atoms with Crippen molar-refractivity contribution in [3.8, 4) is 5.19 Å². The molecule has 0 radical (unpaired) electrons. The number of hydrogen-bond acceptors (Lipinski definition) is 4. The highest BCUT2D eigenvalue weighted by Crippen LogP contribution is 2.08. The van der Waals surface area contributed by atoms with Crippen LogP contribution in [0.1, 0.15) is 6.92 Å². The van der Waals surface area contributed by atoms with E-state index in [9.17, 15) is 0 Å². The maximum Gasteiger partial charge on any atom is 0.292 e. The Morgan fingerprint density at radius 2 is 2.75 bits per heavy atom. The van der Waals surface area contributed by atoms with Gasteiger partial charge in [0.2, 0.25) is 0 Å². The molecule has 0 amide bonds. The summed E-state index contributed by atoms with van der Waals surface area (Å²) in [5, 5.41) is 0.646. The average Bonchev–Trinajstić information content (AvgIpc) is 2.19. The second kappa shape index (κ2) is 2.61. The lowest BCUT2D eigenvalue weighted by Gasteiger charge is -1.90. The van der Waals surface area contributed by atoms with E-state index in [1.807, 2.05) is 6.92 Å². The van der Waals surface area contributed by atoms with Gasteiger partial charge in [0.25, 0.3) is 5.19 Å². The summed E-state index contributed by atoms with van der Waals surface area (Å²) in [4.78, 5) is 3.79. The van der Waals surface area contributed by atoms with E-state index in [-0.39, 0.29) is 0 Å². The summed E-state index contributed by atoms with van der Waals surface area (Å²) in [7, 11) is 0. The van der Waals surface area contributed by atoms with Crippen LogP contribution in [0.4, 0.5) is 0 Å². The van der Waals surface area contributed by atoms with Gasteiger partial charge in [-0.25, -0.2) is 0 Å². The van der Waals surface area contributed by atoms with Crippen LogP contribution >= 0.6 is 11.5 Å². The number of aromatic nitrogens is 2. The molecule has 0 saturated heterocycles. The number of hydrogen-bond donors (Lipinski definition) is 0. The molecule has 0 atom stereocenters. The Balaban J connectivity index is 2.50. The summed E-state index contributed by atoms with van der Waals surface area (Å²) >= 11 is 1.26. The van der Waals surface area contributed by atoms with Crippen molar-refractivity contribution in [3.63, 3.8) is 0 Å². The molecule has 0 saturated carbocycles. The van der Waals surface area contributed by atoms with Gasteiger partial charge < -0.3 is 4.74 Å². The molecule has 1 heterocycles. The fraction of sp³-hybridized carbons (Fsp3) is 0.500. The van der Waals surface area contributed by atoms with Gasteiger partial charge in [0.15, 0.2) is 0 Å². The zero-order valence-corrected chi connectivity index (χ0v) is 5.31. The van der Waals surface area contributed by atoms with Gasteiger partial charge in [0, 0.05) is 11.5 Å². The lowest BCUT2D eigenvalue weighted by Crippen LogP contribution is -1.88. The molecule has 0 N–H and O–H groups in total. The Labute approximate surface area is 51.5 Å². The lowest BCUT2D eigenvalue weighted by atomic mass is 10.9. The van der Waals surface area contributed by atoms with Gasteiger partial charge in [-0.15, -0.1) is 0 Å². The molecular weight excluding hydrogens is 124 g/mol. The molecule has 0 spiro atoms. The molecule has 0 aromatic carbocycles. The average molecular weight is 130 g/mol. The first-order chi connectivity index (χ1) is 3.93. The summed E-state index contributed by atoms with van der Waals surface area (Å²) in [6.07, 6.45) is 1.48. The van der Waals surface area contributed by atoms with Crippen LogP contribution in [0, 0.1) is 0 Å². The van der Waals surface area contributed by atoms with Crippen molar-refractivity contribution in [2.75, 3.05) is 6.61 Å². The van der Waals surface area contributed by atoms with Gasteiger partial charge in [0.05, 0.1) is 6.61 Å². The Morgan fingerprint density at radius 1 is 1.88 bits per heavy atom. The predicted octanol–water partition coefficient (Wildman–Crippen LogP) is 0.937. The van der Waals surface area contributed by atoms with E-state index >= 15 is 0 Å². The Morgan fingerprint density at radius 3 is 3.25 bits per heavy atom. The van der Waals surface area contributed by atoms with Gasteiger partial charge in [-0.05, 0) is 6.92 Å². The normalized spacial score (nSPS) is 9.12. The predicted molar refractivity (Wildman–Crippen MR) is 31.1 cm³/mol. The summed E-state index contributed by atoms with van der Waals surface area (Å²) < 4.78 is 8.74. The minimum atomic E-state index is 0.646. The summed E-state index contributed by atoms with van der Waals surface area (Å²) in [6, 6.07) is 0. The van der Waals surface area contributed by atoms with Crippen LogP contribution in [-0.2, 0) is 0 Å². The first-order valence-corrected chi connectivity index (χ1v) is 3.10. The van der Waals surface area contributed by atoms with E-state index in [4.69, 9.17) is 4.74 Å². The Bertz CT molecular complexity index is 140. The zero-order valence-electron chi connectivity index (χ0n) is 4.50. The van der Waals surface area contributed by atoms with Crippen LogP contribution in [0.3, 0.4) is 0 Å². The Kier molecular flexibility index (Phi) is 1.80. The van der Waals surface area contributed by atoms with E-state index in [1.165, 1.54) is 17.9 Å². The summed E-state index contributed by atoms with van der Waals surface area (Å²) in [6.45, 7) is 2.58. The smallest absolute Gasteiger partial charge is 0.292 e. The molecule has 0 bridgehead atoms. The van der Waals surface area contributed by atoms with Crippen LogP contribution in [-0.4, -0.2) is 16.0 Å². The van der Waals surface area contributed by atoms with Crippen LogP contribution in [0.5, 0.6) is 5.19 Å². The number of nitrogens with zero attached hydrogens (tertiary/aromatic N) is 2. The van der Waals surface area contributed by atoms with Gasteiger partial charge >= 0.3 is 0 Å². The highest BCUT2D eigenvalue weighted by molar-refractivity contribution is 7.07. The highest BCUT2D eigenvalue weighted by atomic mass is 32.1. The second-order valence-corrected chi connectivity index (χ2v) is 1.88. The molecule has 0 fully saturated rings. The number of ether oxygens (including phenoxy) is 1. The monoisotopic (exact) mass is 130 g/mol. The van der Waals surface area contributed by atoms with E-state index in [0.717, 1.165) is 0 Å². The van der Waals surface area contributed by atoms with Crippen LogP contribution in [0.2, 0.25) is 0 Å². The van der Waals surface area contributed by atoms with Crippen molar-refractivity contribution in [2.24, 2.45) is 0 Å². The Hall–Kier alpha value is -0.640. The first-order valence-electron chi connectivity index (χ1n) is 2.33. The molecule has 0 unspecified atom stereocenters. The summed E-state index contributed by atoms with van der Waals surface area (Å²) in [5.41, 5.74) is 0. The van der Waals surface area contributed by atoms with Crippen molar-refractivity contribution < 1.29 is 4.74 Å². The van der Waals surface area contributed by atoms with E-state index < -0.39 is 0 Å². The molecule has 4 heteroatoms. The molecule has 8 heavy (non-hydrogen) atoms. The zero-order chi connectivity index (χ0) is 5.82. The standard InChI is InChI=1S/C4H6N2OS/c1-2-7-4-5-3-6-8-4/h3H,2H2,1H3. The van der Waals surface area contributed by atoms with Crippen LogP contribution in [0.15, 0.2) is 6.33 Å². The maximum atomic E-state index is 4.99. The molecular formula is C4H6N2OS. The molecule has 3 nitrogen and oxygen atoms in total. The van der Waals surface area contributed by atoms with Crippen LogP contribution < -0.4 is 4.74 Å². The molecule has 1 rings (SSSR count). The molecule has 1 aromatic rings. The van der Waals surface area contributed by atoms with Gasteiger partial charge in [-0.3, -0.25) is 0 Å². The van der Waals surface area contributed by atoms with Crippen molar-refractivity contribution in [1.82, 2.24) is 9.36 Å². The van der Waals surface area contributed by atoms with Gasteiger partial charge in [0.1, 0.15) is 6.33 Å². The number of rotatable bonds is 2. The third-order valence-corrected chi connectivity index (χ3v) is 1.19. The molecule has 0 aliphatic heterocycles. The minimum Gasteiger partial charge on any atom is -0.469 e. The van der Waals surface area contributed by atoms with Gasteiger partial charge in [-0.2, -0.15) is 9.36 Å². The minimum absolute atomic E-state index is 0.646. The summed E-state index contributed by atoms with van der Waals surface area (Å²) in [5.74, 6) is 0. The van der Waals surface area contributed by atoms with Crippen molar-refractivity contribution in [2.45, 2.75) is 6.92 Å². The fourth-order valence-electron chi connectivity index (χ4n) is 0.350. The fourth-order valence-corrected chi connectivity index (χ4v) is 0.799. The quantitative estimate of drug-likeness (QED) is 0.597. The highest BCUT2D eigenvalue weighted by Gasteiger charge is 1.90. The van der Waals surface area contributed by atoms with Gasteiger partial charge in [-0.1, -0.05) is 0 Å². The lowest BCUT2D eigenvalue weighted by molar-refractivity contribution is 0.338. The molecule has 1 aromatic heterocycles. The molecule has 0 aliphatic carbocycles. The van der Waals surface area contributed by atoms with Crippen molar-refractivity contribution in [3.05, 3.63) is 6.33 Å².